The monoisotopic (exact) mass is 365 g/mol. The van der Waals surface area contributed by atoms with E-state index in [1.807, 2.05) is 59.5 Å². The third kappa shape index (κ3) is 3.59. The van der Waals surface area contributed by atoms with Gasteiger partial charge in [0.15, 0.2) is 0 Å². The molecule has 142 valence electrons. The van der Waals surface area contributed by atoms with Crippen molar-refractivity contribution in [2.45, 2.75) is 31.3 Å². The fraction of sp³-hybridized carbons (Fsp3) is 0.435. The molecular formula is C23H27NO3. The second-order valence-electron chi connectivity index (χ2n) is 7.93. The van der Waals surface area contributed by atoms with E-state index in [1.165, 1.54) is 0 Å². The molecule has 4 heteroatoms. The SMILES string of the molecule is COc1ccc(C2(O)CCC3CN(C(=O)c4ccccc4)CCC3C2)cc1. The van der Waals surface area contributed by atoms with E-state index in [9.17, 15) is 9.90 Å². The molecule has 0 bridgehead atoms. The molecule has 3 unspecified atom stereocenters. The molecule has 2 aromatic carbocycles. The number of hydrogen-bond acceptors (Lipinski definition) is 3. The fourth-order valence-corrected chi connectivity index (χ4v) is 4.75. The van der Waals surface area contributed by atoms with E-state index in [2.05, 4.69) is 0 Å². The number of likely N-dealkylation sites (tertiary alicyclic amines) is 1. The van der Waals surface area contributed by atoms with E-state index < -0.39 is 5.60 Å². The van der Waals surface area contributed by atoms with Gasteiger partial charge in [-0.3, -0.25) is 4.79 Å². The van der Waals surface area contributed by atoms with Gasteiger partial charge >= 0.3 is 0 Å². The third-order valence-corrected chi connectivity index (χ3v) is 6.36. The number of aliphatic hydroxyl groups is 1. The van der Waals surface area contributed by atoms with Gasteiger partial charge in [0, 0.05) is 18.7 Å². The molecule has 4 nitrogen and oxygen atoms in total. The predicted octanol–water partition coefficient (Wildman–Crippen LogP) is 3.85. The normalized spacial score (nSPS) is 27.7. The maximum absolute atomic E-state index is 12.7. The van der Waals surface area contributed by atoms with Crippen LogP contribution in [0, 0.1) is 11.8 Å². The van der Waals surface area contributed by atoms with Crippen molar-refractivity contribution in [1.82, 2.24) is 4.90 Å². The van der Waals surface area contributed by atoms with Crippen LogP contribution in [0.2, 0.25) is 0 Å². The molecule has 1 saturated heterocycles. The van der Waals surface area contributed by atoms with Crippen molar-refractivity contribution in [1.29, 1.82) is 0 Å². The number of benzene rings is 2. The van der Waals surface area contributed by atoms with Crippen LogP contribution in [0.5, 0.6) is 5.75 Å². The van der Waals surface area contributed by atoms with Gasteiger partial charge in [-0.1, -0.05) is 30.3 Å². The van der Waals surface area contributed by atoms with E-state index in [-0.39, 0.29) is 5.91 Å². The minimum Gasteiger partial charge on any atom is -0.497 e. The van der Waals surface area contributed by atoms with Crippen molar-refractivity contribution in [3.8, 4) is 5.75 Å². The molecule has 4 rings (SSSR count). The number of carbonyl (C=O) groups excluding carboxylic acids is 1. The summed E-state index contributed by atoms with van der Waals surface area (Å²) in [7, 11) is 1.65. The molecule has 1 N–H and O–H groups in total. The van der Waals surface area contributed by atoms with Gasteiger partial charge in [0.05, 0.1) is 12.7 Å². The van der Waals surface area contributed by atoms with Crippen LogP contribution in [0.25, 0.3) is 0 Å². The minimum atomic E-state index is -0.765. The zero-order valence-corrected chi connectivity index (χ0v) is 15.8. The summed E-state index contributed by atoms with van der Waals surface area (Å²) in [5.74, 6) is 1.88. The molecular weight excluding hydrogens is 338 g/mol. The standard InChI is InChI=1S/C23H27NO3/c1-27-21-9-7-20(8-10-21)23(26)13-11-19-16-24(14-12-18(19)15-23)22(25)17-5-3-2-4-6-17/h2-10,18-19,26H,11-16H2,1H3. The first-order valence-electron chi connectivity index (χ1n) is 9.80. The lowest BCUT2D eigenvalue weighted by atomic mass is 9.66. The zero-order chi connectivity index (χ0) is 18.9. The number of ether oxygens (including phenoxy) is 1. The Morgan fingerprint density at radius 3 is 2.52 bits per heavy atom. The number of hydrogen-bond donors (Lipinski definition) is 1. The van der Waals surface area contributed by atoms with Crippen LogP contribution >= 0.6 is 0 Å². The van der Waals surface area contributed by atoms with E-state index in [4.69, 9.17) is 4.74 Å². The average Bonchev–Trinajstić information content (AvgIpc) is 2.73. The third-order valence-electron chi connectivity index (χ3n) is 6.36. The molecule has 1 aliphatic heterocycles. The Morgan fingerprint density at radius 2 is 1.81 bits per heavy atom. The van der Waals surface area contributed by atoms with E-state index in [0.29, 0.717) is 11.8 Å². The van der Waals surface area contributed by atoms with E-state index >= 15 is 0 Å². The maximum Gasteiger partial charge on any atom is 0.253 e. The van der Waals surface area contributed by atoms with Gasteiger partial charge in [0.2, 0.25) is 0 Å². The molecule has 0 aromatic heterocycles. The van der Waals surface area contributed by atoms with Crippen molar-refractivity contribution in [2.24, 2.45) is 11.8 Å². The lowest BCUT2D eigenvalue weighted by molar-refractivity contribution is -0.0575. The van der Waals surface area contributed by atoms with Crippen LogP contribution in [-0.2, 0) is 5.60 Å². The second kappa shape index (κ2) is 7.35. The van der Waals surface area contributed by atoms with Crippen LogP contribution in [0.15, 0.2) is 54.6 Å². The molecule has 0 radical (unpaired) electrons. The highest BCUT2D eigenvalue weighted by Crippen LogP contribution is 2.46. The Kier molecular flexibility index (Phi) is 4.92. The number of fused-ring (bicyclic) bond motifs is 1. The van der Waals surface area contributed by atoms with Crippen molar-refractivity contribution >= 4 is 5.91 Å². The van der Waals surface area contributed by atoms with Crippen LogP contribution < -0.4 is 4.74 Å². The molecule has 1 heterocycles. The van der Waals surface area contributed by atoms with Crippen LogP contribution in [-0.4, -0.2) is 36.1 Å². The number of rotatable bonds is 3. The molecule has 3 atom stereocenters. The Balaban J connectivity index is 1.43. The first-order valence-corrected chi connectivity index (χ1v) is 9.80. The van der Waals surface area contributed by atoms with Gasteiger partial charge in [-0.15, -0.1) is 0 Å². The Bertz CT molecular complexity index is 789. The highest BCUT2D eigenvalue weighted by Gasteiger charge is 2.43. The van der Waals surface area contributed by atoms with Gasteiger partial charge in [-0.05, 0) is 67.3 Å². The topological polar surface area (TPSA) is 49.8 Å². The van der Waals surface area contributed by atoms with Gasteiger partial charge in [0.25, 0.3) is 5.91 Å². The first-order chi connectivity index (χ1) is 13.1. The second-order valence-corrected chi connectivity index (χ2v) is 7.93. The lowest BCUT2D eigenvalue weighted by Crippen LogP contribution is -2.48. The molecule has 0 spiro atoms. The van der Waals surface area contributed by atoms with Crippen molar-refractivity contribution in [3.63, 3.8) is 0 Å². The summed E-state index contributed by atoms with van der Waals surface area (Å²) in [5, 5.41) is 11.3. The lowest BCUT2D eigenvalue weighted by Gasteiger charge is -2.47. The quantitative estimate of drug-likeness (QED) is 0.899. The molecule has 2 aromatic rings. The average molecular weight is 365 g/mol. The van der Waals surface area contributed by atoms with E-state index in [0.717, 1.165) is 55.6 Å². The largest absolute Gasteiger partial charge is 0.497 e. The maximum atomic E-state index is 12.7. The van der Waals surface area contributed by atoms with Gasteiger partial charge in [-0.25, -0.2) is 0 Å². The smallest absolute Gasteiger partial charge is 0.253 e. The van der Waals surface area contributed by atoms with Gasteiger partial charge in [0.1, 0.15) is 5.75 Å². The first kappa shape index (κ1) is 18.1. The number of piperidine rings is 1. The molecule has 2 fully saturated rings. The minimum absolute atomic E-state index is 0.130. The van der Waals surface area contributed by atoms with Crippen molar-refractivity contribution < 1.29 is 14.6 Å². The molecule has 27 heavy (non-hydrogen) atoms. The summed E-state index contributed by atoms with van der Waals surface area (Å²) in [4.78, 5) is 14.7. The molecule has 2 aliphatic rings. The fourth-order valence-electron chi connectivity index (χ4n) is 4.75. The Hall–Kier alpha value is -2.33. The number of nitrogens with zero attached hydrogens (tertiary/aromatic N) is 1. The summed E-state index contributed by atoms with van der Waals surface area (Å²) in [5.41, 5.74) is 0.977. The summed E-state index contributed by atoms with van der Waals surface area (Å²) in [6.45, 7) is 1.57. The molecule has 1 aliphatic carbocycles. The van der Waals surface area contributed by atoms with Crippen molar-refractivity contribution in [2.75, 3.05) is 20.2 Å². The van der Waals surface area contributed by atoms with Gasteiger partial charge in [-0.2, -0.15) is 0 Å². The van der Waals surface area contributed by atoms with Crippen LogP contribution in [0.4, 0.5) is 0 Å². The summed E-state index contributed by atoms with van der Waals surface area (Å²) in [6.07, 6.45) is 3.43. The highest BCUT2D eigenvalue weighted by molar-refractivity contribution is 5.94. The van der Waals surface area contributed by atoms with Crippen molar-refractivity contribution in [3.05, 3.63) is 65.7 Å². The summed E-state index contributed by atoms with van der Waals surface area (Å²) < 4.78 is 5.23. The predicted molar refractivity (Wildman–Crippen MR) is 105 cm³/mol. The van der Waals surface area contributed by atoms with Gasteiger partial charge < -0.3 is 14.7 Å². The zero-order valence-electron chi connectivity index (χ0n) is 15.8. The summed E-state index contributed by atoms with van der Waals surface area (Å²) in [6, 6.07) is 17.3. The molecule has 1 saturated carbocycles. The number of methoxy groups -OCH3 is 1. The molecule has 1 amide bonds. The van der Waals surface area contributed by atoms with Crippen LogP contribution in [0.3, 0.4) is 0 Å². The Labute approximate surface area is 160 Å². The number of carbonyl (C=O) groups is 1. The highest BCUT2D eigenvalue weighted by atomic mass is 16.5. The van der Waals surface area contributed by atoms with E-state index in [1.54, 1.807) is 7.11 Å². The van der Waals surface area contributed by atoms with Crippen LogP contribution in [0.1, 0.15) is 41.6 Å². The Morgan fingerprint density at radius 1 is 1.07 bits per heavy atom. The summed E-state index contributed by atoms with van der Waals surface area (Å²) >= 11 is 0. The number of amides is 1.